The minimum Gasteiger partial charge on any atom is -0.485 e. The smallest absolute Gasteiger partial charge is 0.273 e. The molecule has 0 bridgehead atoms. The van der Waals surface area contributed by atoms with E-state index in [9.17, 15) is 4.79 Å². The summed E-state index contributed by atoms with van der Waals surface area (Å²) in [7, 11) is 0. The second-order valence-corrected chi connectivity index (χ2v) is 6.89. The topological polar surface area (TPSA) is 58.6 Å². The van der Waals surface area contributed by atoms with Gasteiger partial charge in [-0.25, -0.2) is 9.97 Å². The maximum atomic E-state index is 12.4. The average Bonchev–Trinajstić information content (AvgIpc) is 3.36. The summed E-state index contributed by atoms with van der Waals surface area (Å²) in [5.41, 5.74) is 2.22. The molecule has 0 aromatic carbocycles. The van der Waals surface area contributed by atoms with Crippen LogP contribution in [0.5, 0.6) is 5.75 Å². The fourth-order valence-corrected chi connectivity index (χ4v) is 3.84. The number of thiazole rings is 1. The van der Waals surface area contributed by atoms with Crippen molar-refractivity contribution >= 4 is 23.1 Å². The van der Waals surface area contributed by atoms with Crippen molar-refractivity contribution in [1.29, 1.82) is 0 Å². The summed E-state index contributed by atoms with van der Waals surface area (Å²) in [6.45, 7) is 3.38. The molecule has 6 nitrogen and oxygen atoms in total. The average molecular weight is 344 g/mol. The molecule has 2 aromatic rings. The molecule has 2 aliphatic rings. The summed E-state index contributed by atoms with van der Waals surface area (Å²) < 4.78 is 6.20. The third kappa shape index (κ3) is 3.08. The van der Waals surface area contributed by atoms with Crippen molar-refractivity contribution in [3.63, 3.8) is 0 Å². The number of rotatable bonds is 4. The first-order valence-corrected chi connectivity index (χ1v) is 9.29. The Balaban J connectivity index is 1.43. The van der Waals surface area contributed by atoms with Gasteiger partial charge in [0.05, 0.1) is 12.1 Å². The zero-order valence-electron chi connectivity index (χ0n) is 13.4. The van der Waals surface area contributed by atoms with Crippen LogP contribution in [0.3, 0.4) is 0 Å². The molecule has 2 aliphatic heterocycles. The number of pyridine rings is 1. The molecule has 0 saturated carbocycles. The summed E-state index contributed by atoms with van der Waals surface area (Å²) >= 11 is 1.44. The van der Waals surface area contributed by atoms with E-state index in [1.807, 2.05) is 23.2 Å². The Morgan fingerprint density at radius 3 is 2.92 bits per heavy atom. The first kappa shape index (κ1) is 15.4. The van der Waals surface area contributed by atoms with Crippen LogP contribution in [0.1, 0.15) is 29.8 Å². The molecular formula is C17H20N4O2S. The number of anilines is 1. The number of ether oxygens (including phenoxy) is 1. The number of amides is 1. The lowest BCUT2D eigenvalue weighted by molar-refractivity contribution is 0.0767. The molecule has 0 unspecified atom stereocenters. The molecule has 4 rings (SSSR count). The van der Waals surface area contributed by atoms with Gasteiger partial charge in [0, 0.05) is 37.6 Å². The van der Waals surface area contributed by atoms with Crippen molar-refractivity contribution in [2.45, 2.75) is 25.4 Å². The van der Waals surface area contributed by atoms with Crippen LogP contribution in [-0.2, 0) is 0 Å². The Labute approximate surface area is 145 Å². The van der Waals surface area contributed by atoms with Crippen LogP contribution < -0.4 is 9.64 Å². The van der Waals surface area contributed by atoms with Crippen LogP contribution in [0.15, 0.2) is 29.2 Å². The van der Waals surface area contributed by atoms with Crippen LogP contribution in [-0.4, -0.2) is 53.1 Å². The minimum atomic E-state index is -0.00620. The SMILES string of the molecule is O=C(c1cscn1)N1CC[C@@H](Oc2cccnc2N2CCCC2)C1. The molecule has 2 aromatic heterocycles. The predicted octanol–water partition coefficient (Wildman–Crippen LogP) is 2.43. The Bertz CT molecular complexity index is 700. The highest BCUT2D eigenvalue weighted by Gasteiger charge is 2.30. The summed E-state index contributed by atoms with van der Waals surface area (Å²) in [4.78, 5) is 25.1. The van der Waals surface area contributed by atoms with Gasteiger partial charge in [-0.05, 0) is 25.0 Å². The number of nitrogens with zero attached hydrogens (tertiary/aromatic N) is 4. The highest BCUT2D eigenvalue weighted by Crippen LogP contribution is 2.30. The number of aromatic nitrogens is 2. The second kappa shape index (κ2) is 6.76. The minimum absolute atomic E-state index is 0.00620. The molecule has 0 aliphatic carbocycles. The van der Waals surface area contributed by atoms with E-state index in [1.54, 1.807) is 10.9 Å². The number of likely N-dealkylation sites (tertiary alicyclic amines) is 1. The summed E-state index contributed by atoms with van der Waals surface area (Å²) in [6.07, 6.45) is 5.07. The normalized spacial score (nSPS) is 20.6. The Morgan fingerprint density at radius 1 is 1.25 bits per heavy atom. The van der Waals surface area contributed by atoms with Crippen molar-refractivity contribution < 1.29 is 9.53 Å². The summed E-state index contributed by atoms with van der Waals surface area (Å²) in [6, 6.07) is 3.88. The Kier molecular flexibility index (Phi) is 4.34. The van der Waals surface area contributed by atoms with E-state index in [2.05, 4.69) is 14.9 Å². The monoisotopic (exact) mass is 344 g/mol. The molecule has 0 N–H and O–H groups in total. The number of hydrogen-bond acceptors (Lipinski definition) is 6. The molecule has 4 heterocycles. The fourth-order valence-electron chi connectivity index (χ4n) is 3.31. The van der Waals surface area contributed by atoms with Gasteiger partial charge in [-0.15, -0.1) is 11.3 Å². The Morgan fingerprint density at radius 2 is 2.12 bits per heavy atom. The largest absolute Gasteiger partial charge is 0.485 e. The molecular weight excluding hydrogens is 324 g/mol. The zero-order chi connectivity index (χ0) is 16.4. The summed E-state index contributed by atoms with van der Waals surface area (Å²) in [5, 5.41) is 1.79. The first-order chi connectivity index (χ1) is 11.8. The maximum Gasteiger partial charge on any atom is 0.273 e. The quantitative estimate of drug-likeness (QED) is 0.853. The van der Waals surface area contributed by atoms with Crippen LogP contribution in [0.2, 0.25) is 0 Å². The van der Waals surface area contributed by atoms with Crippen molar-refractivity contribution in [3.8, 4) is 5.75 Å². The van der Waals surface area contributed by atoms with E-state index in [4.69, 9.17) is 4.74 Å². The lowest BCUT2D eigenvalue weighted by Gasteiger charge is -2.22. The lowest BCUT2D eigenvalue weighted by Crippen LogP contribution is -2.31. The highest BCUT2D eigenvalue weighted by atomic mass is 32.1. The van der Waals surface area contributed by atoms with E-state index in [0.29, 0.717) is 18.8 Å². The van der Waals surface area contributed by atoms with Gasteiger partial charge in [-0.1, -0.05) is 0 Å². The van der Waals surface area contributed by atoms with Gasteiger partial charge < -0.3 is 14.5 Å². The molecule has 0 spiro atoms. The van der Waals surface area contributed by atoms with Crippen molar-refractivity contribution in [2.24, 2.45) is 0 Å². The number of carbonyl (C=O) groups excluding carboxylic acids is 1. The van der Waals surface area contributed by atoms with E-state index in [0.717, 1.165) is 31.1 Å². The van der Waals surface area contributed by atoms with Crippen LogP contribution in [0.25, 0.3) is 0 Å². The fraction of sp³-hybridized carbons (Fsp3) is 0.471. The summed E-state index contributed by atoms with van der Waals surface area (Å²) in [5.74, 6) is 1.75. The van der Waals surface area contributed by atoms with Gasteiger partial charge in [-0.2, -0.15) is 0 Å². The van der Waals surface area contributed by atoms with Crippen LogP contribution >= 0.6 is 11.3 Å². The van der Waals surface area contributed by atoms with E-state index < -0.39 is 0 Å². The van der Waals surface area contributed by atoms with E-state index in [1.165, 1.54) is 24.2 Å². The van der Waals surface area contributed by atoms with E-state index >= 15 is 0 Å². The Hall–Kier alpha value is -2.15. The maximum absolute atomic E-state index is 12.4. The van der Waals surface area contributed by atoms with Gasteiger partial charge in [0.25, 0.3) is 5.91 Å². The number of hydrogen-bond donors (Lipinski definition) is 0. The van der Waals surface area contributed by atoms with Gasteiger partial charge in [0.15, 0.2) is 11.6 Å². The standard InChI is InChI=1S/C17H20N4O2S/c22-17(14-11-24-12-19-14)21-9-5-13(10-21)23-15-4-3-6-18-16(15)20-7-1-2-8-20/h3-4,6,11-13H,1-2,5,7-10H2/t13-/m1/s1. The molecule has 7 heteroatoms. The molecule has 2 saturated heterocycles. The zero-order valence-corrected chi connectivity index (χ0v) is 14.2. The molecule has 0 radical (unpaired) electrons. The molecule has 2 fully saturated rings. The van der Waals surface area contributed by atoms with Crippen molar-refractivity contribution in [3.05, 3.63) is 34.9 Å². The predicted molar refractivity (Wildman–Crippen MR) is 92.7 cm³/mol. The van der Waals surface area contributed by atoms with Gasteiger partial charge in [0.1, 0.15) is 11.8 Å². The third-order valence-electron chi connectivity index (χ3n) is 4.53. The van der Waals surface area contributed by atoms with E-state index in [-0.39, 0.29) is 12.0 Å². The lowest BCUT2D eigenvalue weighted by atomic mass is 10.3. The van der Waals surface area contributed by atoms with Gasteiger partial charge >= 0.3 is 0 Å². The van der Waals surface area contributed by atoms with Gasteiger partial charge in [0.2, 0.25) is 0 Å². The van der Waals surface area contributed by atoms with Crippen LogP contribution in [0.4, 0.5) is 5.82 Å². The van der Waals surface area contributed by atoms with Crippen LogP contribution in [0, 0.1) is 0 Å². The molecule has 126 valence electrons. The number of carbonyl (C=O) groups is 1. The van der Waals surface area contributed by atoms with Crippen molar-refractivity contribution in [2.75, 3.05) is 31.1 Å². The molecule has 1 atom stereocenters. The third-order valence-corrected chi connectivity index (χ3v) is 5.12. The first-order valence-electron chi connectivity index (χ1n) is 8.35. The second-order valence-electron chi connectivity index (χ2n) is 6.17. The highest BCUT2D eigenvalue weighted by molar-refractivity contribution is 7.07. The molecule has 24 heavy (non-hydrogen) atoms. The molecule has 1 amide bonds. The van der Waals surface area contributed by atoms with Crippen molar-refractivity contribution in [1.82, 2.24) is 14.9 Å². The van der Waals surface area contributed by atoms with Gasteiger partial charge in [-0.3, -0.25) is 4.79 Å².